The maximum absolute atomic E-state index is 11.3. The average molecular weight is 470 g/mol. The van der Waals surface area contributed by atoms with Crippen molar-refractivity contribution in [2.24, 2.45) is 4.99 Å². The second-order valence-electron chi connectivity index (χ2n) is 7.51. The Bertz CT molecular complexity index is 1100. The van der Waals surface area contributed by atoms with Crippen molar-refractivity contribution < 1.29 is 29.6 Å². The molecule has 3 N–H and O–H groups in total. The molecule has 0 saturated heterocycles. The Morgan fingerprint density at radius 1 is 1.24 bits per heavy atom. The van der Waals surface area contributed by atoms with Crippen LogP contribution in [-0.4, -0.2) is 35.6 Å². The van der Waals surface area contributed by atoms with Crippen LogP contribution in [0, 0.1) is 6.92 Å². The third-order valence-electron chi connectivity index (χ3n) is 5.18. The van der Waals surface area contributed by atoms with Gasteiger partial charge < -0.3 is 24.8 Å². The zero-order valence-electron chi connectivity index (χ0n) is 18.3. The number of carboxylic acids is 1. The Balaban J connectivity index is 0.00000306. The molecule has 1 aromatic heterocycles. The first kappa shape index (κ1) is 24.3. The van der Waals surface area contributed by atoms with Crippen LogP contribution in [0.2, 0.25) is 0 Å². The van der Waals surface area contributed by atoms with Crippen LogP contribution in [0.1, 0.15) is 41.2 Å². The smallest absolute Gasteiger partial charge is 0.303 e. The summed E-state index contributed by atoms with van der Waals surface area (Å²) in [4.78, 5) is 15.7. The van der Waals surface area contributed by atoms with Gasteiger partial charge in [0.25, 0.3) is 0 Å². The third kappa shape index (κ3) is 6.34. The van der Waals surface area contributed by atoms with Gasteiger partial charge in [-0.25, -0.2) is 4.99 Å². The number of ether oxygens (including phenoxy) is 3. The number of aryl methyl sites for hydroxylation is 1. The highest BCUT2D eigenvalue weighted by molar-refractivity contribution is 7.07. The molecule has 33 heavy (non-hydrogen) atoms. The van der Waals surface area contributed by atoms with Gasteiger partial charge in [0, 0.05) is 12.5 Å². The summed E-state index contributed by atoms with van der Waals surface area (Å²) in [7, 11) is 0. The molecule has 8 heteroatoms. The molecule has 2 aromatic carbocycles. The molecular weight excluding hydrogens is 442 g/mol. The van der Waals surface area contributed by atoms with Gasteiger partial charge in [-0.05, 0) is 59.0 Å². The van der Waals surface area contributed by atoms with E-state index in [2.05, 4.69) is 4.99 Å². The van der Waals surface area contributed by atoms with Gasteiger partial charge in [0.15, 0.2) is 0 Å². The number of hydrogen-bond donors (Lipinski definition) is 1. The summed E-state index contributed by atoms with van der Waals surface area (Å²) >= 11 is 1.63. The second kappa shape index (κ2) is 11.5. The number of aliphatic imine (C=N–C) groups is 1. The summed E-state index contributed by atoms with van der Waals surface area (Å²) in [5.74, 6) is 0.900. The van der Waals surface area contributed by atoms with Crippen molar-refractivity contribution in [3.8, 4) is 11.5 Å². The van der Waals surface area contributed by atoms with Crippen molar-refractivity contribution in [2.45, 2.75) is 32.5 Å². The minimum atomic E-state index is -0.858. The van der Waals surface area contributed by atoms with Crippen molar-refractivity contribution in [2.75, 3.05) is 13.2 Å². The first-order chi connectivity index (χ1) is 15.6. The van der Waals surface area contributed by atoms with E-state index in [1.165, 1.54) is 0 Å². The summed E-state index contributed by atoms with van der Waals surface area (Å²) < 4.78 is 18.1. The first-order valence-electron chi connectivity index (χ1n) is 10.5. The van der Waals surface area contributed by atoms with Crippen LogP contribution in [-0.2, 0) is 16.1 Å². The van der Waals surface area contributed by atoms with Crippen LogP contribution in [0.25, 0.3) is 0 Å². The Hall–Kier alpha value is -3.36. The Kier molecular flexibility index (Phi) is 8.46. The zero-order valence-corrected chi connectivity index (χ0v) is 19.1. The van der Waals surface area contributed by atoms with E-state index < -0.39 is 12.1 Å². The van der Waals surface area contributed by atoms with Crippen molar-refractivity contribution >= 4 is 23.2 Å². The molecule has 0 spiro atoms. The molecule has 0 saturated carbocycles. The van der Waals surface area contributed by atoms with E-state index in [0.29, 0.717) is 43.6 Å². The summed E-state index contributed by atoms with van der Waals surface area (Å²) in [5.41, 5.74) is 3.84. The number of carboxylic acid groups (broad SMARTS) is 1. The van der Waals surface area contributed by atoms with Gasteiger partial charge in [-0.2, -0.15) is 11.3 Å². The Labute approximate surface area is 196 Å². The number of rotatable bonds is 10. The van der Waals surface area contributed by atoms with Gasteiger partial charge in [-0.1, -0.05) is 24.3 Å². The van der Waals surface area contributed by atoms with E-state index in [4.69, 9.17) is 14.2 Å². The third-order valence-corrected chi connectivity index (χ3v) is 5.91. The molecule has 0 fully saturated rings. The van der Waals surface area contributed by atoms with Gasteiger partial charge >= 0.3 is 5.97 Å². The van der Waals surface area contributed by atoms with Crippen LogP contribution in [0.15, 0.2) is 64.3 Å². The standard InChI is InChI=1S/C25H25NO5S.H2O/c1-17-4-2-3-5-20(17)22(8-9-24(27)28)31-23-14-19(30-15-18-10-13-32-16-18)6-7-21(23)25-26-11-12-29-25;/h2-7,10,13-14,16,22H,8-9,11-12,15H2,1H3,(H,27,28);1H2. The molecule has 3 aromatic rings. The van der Waals surface area contributed by atoms with E-state index in [-0.39, 0.29) is 11.9 Å². The van der Waals surface area contributed by atoms with Gasteiger partial charge in [-0.15, -0.1) is 0 Å². The van der Waals surface area contributed by atoms with E-state index in [1.54, 1.807) is 11.3 Å². The lowest BCUT2D eigenvalue weighted by molar-refractivity contribution is -0.137. The first-order valence-corrected chi connectivity index (χ1v) is 11.4. The summed E-state index contributed by atoms with van der Waals surface area (Å²) in [6.07, 6.45) is -0.0900. The molecular formula is C25H27NO6S. The monoisotopic (exact) mass is 469 g/mol. The quantitative estimate of drug-likeness (QED) is 0.468. The van der Waals surface area contributed by atoms with Crippen LogP contribution in [0.3, 0.4) is 0 Å². The highest BCUT2D eigenvalue weighted by Crippen LogP contribution is 2.34. The minimum Gasteiger partial charge on any atom is -0.489 e. The van der Waals surface area contributed by atoms with E-state index >= 15 is 0 Å². The molecule has 1 aliphatic heterocycles. The number of aliphatic carboxylic acids is 1. The van der Waals surface area contributed by atoms with Crippen LogP contribution in [0.5, 0.6) is 11.5 Å². The normalized spacial score (nSPS) is 13.4. The largest absolute Gasteiger partial charge is 0.489 e. The SMILES string of the molecule is Cc1ccccc1C(CCC(=O)O)Oc1cc(OCc2ccsc2)ccc1C1=NCCO1.O. The summed E-state index contributed by atoms with van der Waals surface area (Å²) in [5, 5.41) is 13.3. The maximum atomic E-state index is 11.3. The van der Waals surface area contributed by atoms with E-state index in [9.17, 15) is 9.90 Å². The Morgan fingerprint density at radius 3 is 2.79 bits per heavy atom. The molecule has 1 aliphatic rings. The predicted octanol–water partition coefficient (Wildman–Crippen LogP) is 4.57. The number of thiophene rings is 1. The van der Waals surface area contributed by atoms with Gasteiger partial charge in [0.1, 0.15) is 30.8 Å². The van der Waals surface area contributed by atoms with Crippen LogP contribution >= 0.6 is 11.3 Å². The second-order valence-corrected chi connectivity index (χ2v) is 8.29. The molecule has 4 rings (SSSR count). The van der Waals surface area contributed by atoms with E-state index in [0.717, 1.165) is 22.3 Å². The number of hydrogen-bond acceptors (Lipinski definition) is 6. The van der Waals surface area contributed by atoms with Gasteiger partial charge in [-0.3, -0.25) is 4.79 Å². The fourth-order valence-electron chi connectivity index (χ4n) is 3.54. The number of nitrogens with zero attached hydrogens (tertiary/aromatic N) is 1. The number of carbonyl (C=O) groups is 1. The molecule has 7 nitrogen and oxygen atoms in total. The van der Waals surface area contributed by atoms with Crippen LogP contribution in [0.4, 0.5) is 0 Å². The topological polar surface area (TPSA) is 109 Å². The lowest BCUT2D eigenvalue weighted by atomic mass is 9.99. The highest BCUT2D eigenvalue weighted by atomic mass is 32.1. The van der Waals surface area contributed by atoms with E-state index in [1.807, 2.05) is 66.2 Å². The molecule has 0 radical (unpaired) electrons. The molecule has 1 atom stereocenters. The fourth-order valence-corrected chi connectivity index (χ4v) is 4.19. The zero-order chi connectivity index (χ0) is 22.3. The highest BCUT2D eigenvalue weighted by Gasteiger charge is 2.22. The molecule has 174 valence electrons. The molecule has 1 unspecified atom stereocenters. The van der Waals surface area contributed by atoms with Crippen LogP contribution < -0.4 is 9.47 Å². The average Bonchev–Trinajstić information content (AvgIpc) is 3.50. The molecule has 0 amide bonds. The summed E-state index contributed by atoms with van der Waals surface area (Å²) in [6, 6.07) is 15.5. The predicted molar refractivity (Wildman–Crippen MR) is 127 cm³/mol. The Morgan fingerprint density at radius 2 is 2.09 bits per heavy atom. The lowest BCUT2D eigenvalue weighted by Gasteiger charge is -2.23. The van der Waals surface area contributed by atoms with Crippen molar-refractivity contribution in [1.82, 2.24) is 0 Å². The number of benzene rings is 2. The van der Waals surface area contributed by atoms with Gasteiger partial charge in [0.05, 0.1) is 12.1 Å². The molecule has 0 bridgehead atoms. The van der Waals surface area contributed by atoms with Crippen molar-refractivity contribution in [3.05, 3.63) is 81.5 Å². The lowest BCUT2D eigenvalue weighted by Crippen LogP contribution is -2.14. The minimum absolute atomic E-state index is 0. The van der Waals surface area contributed by atoms with Crippen molar-refractivity contribution in [3.63, 3.8) is 0 Å². The fraction of sp³-hybridized carbons (Fsp3) is 0.280. The molecule has 2 heterocycles. The molecule has 0 aliphatic carbocycles. The maximum Gasteiger partial charge on any atom is 0.303 e. The van der Waals surface area contributed by atoms with Gasteiger partial charge in [0.2, 0.25) is 5.90 Å². The van der Waals surface area contributed by atoms with Crippen molar-refractivity contribution in [1.29, 1.82) is 0 Å². The summed E-state index contributed by atoms with van der Waals surface area (Å²) in [6.45, 7) is 3.59.